The van der Waals surface area contributed by atoms with E-state index in [2.05, 4.69) is 36.4 Å². The quantitative estimate of drug-likeness (QED) is 0.333. The van der Waals surface area contributed by atoms with Crippen LogP contribution in [0.4, 0.5) is 0 Å². The van der Waals surface area contributed by atoms with Crippen LogP contribution in [0, 0.1) is 0 Å². The van der Waals surface area contributed by atoms with E-state index in [0.717, 1.165) is 16.7 Å². The summed E-state index contributed by atoms with van der Waals surface area (Å²) in [5, 5.41) is 17.9. The molecular formula is C26H23BO4. The van der Waals surface area contributed by atoms with Gasteiger partial charge in [-0.25, -0.2) is 0 Å². The Morgan fingerprint density at radius 3 is 1.32 bits per heavy atom. The molecule has 0 bridgehead atoms. The van der Waals surface area contributed by atoms with E-state index in [9.17, 15) is 0 Å². The van der Waals surface area contributed by atoms with Crippen molar-refractivity contribution in [1.29, 1.82) is 0 Å². The van der Waals surface area contributed by atoms with Crippen LogP contribution in [0.3, 0.4) is 0 Å². The summed E-state index contributed by atoms with van der Waals surface area (Å²) >= 11 is 0. The second-order valence-electron chi connectivity index (χ2n) is 7.21. The largest absolute Gasteiger partial charge is 0.707 e. The van der Waals surface area contributed by atoms with Crippen molar-refractivity contribution in [2.24, 2.45) is 0 Å². The standard InChI is InChI=1S/C26H23BO4/c28-27(29)31-25-18-16-24(17-19-25)30-20-26(21-10-4-1-5-11-21,22-12-6-2-7-13-22)23-14-8-3-9-15-23/h1-19,28-29H,20H2. The van der Waals surface area contributed by atoms with Crippen LogP contribution < -0.4 is 9.39 Å². The second-order valence-corrected chi connectivity index (χ2v) is 7.21. The molecule has 0 amide bonds. The predicted octanol–water partition coefficient (Wildman–Crippen LogP) is 4.45. The molecule has 31 heavy (non-hydrogen) atoms. The lowest BCUT2D eigenvalue weighted by molar-refractivity contribution is 0.264. The fourth-order valence-electron chi connectivity index (χ4n) is 3.85. The number of benzene rings is 4. The van der Waals surface area contributed by atoms with E-state index in [4.69, 9.17) is 19.4 Å². The lowest BCUT2D eigenvalue weighted by atomic mass is 9.70. The van der Waals surface area contributed by atoms with Gasteiger partial charge in [-0.1, -0.05) is 91.0 Å². The number of hydrogen-bond acceptors (Lipinski definition) is 4. The highest BCUT2D eigenvalue weighted by Gasteiger charge is 2.37. The number of hydrogen-bond donors (Lipinski definition) is 2. The van der Waals surface area contributed by atoms with Gasteiger partial charge in [0.2, 0.25) is 0 Å². The zero-order valence-corrected chi connectivity index (χ0v) is 17.0. The van der Waals surface area contributed by atoms with E-state index in [0.29, 0.717) is 18.1 Å². The predicted molar refractivity (Wildman–Crippen MR) is 122 cm³/mol. The Balaban J connectivity index is 1.75. The zero-order chi connectivity index (χ0) is 21.5. The Morgan fingerprint density at radius 2 is 0.935 bits per heavy atom. The third-order valence-corrected chi connectivity index (χ3v) is 5.32. The molecule has 4 aromatic rings. The third-order valence-electron chi connectivity index (χ3n) is 5.32. The monoisotopic (exact) mass is 410 g/mol. The Kier molecular flexibility index (Phi) is 6.36. The molecule has 0 aromatic heterocycles. The van der Waals surface area contributed by atoms with Gasteiger partial charge in [0.1, 0.15) is 18.1 Å². The second kappa shape index (κ2) is 9.52. The molecule has 0 radical (unpaired) electrons. The van der Waals surface area contributed by atoms with Gasteiger partial charge in [-0.15, -0.1) is 0 Å². The maximum Gasteiger partial charge on any atom is 0.707 e. The third kappa shape index (κ3) is 4.63. The molecule has 0 spiro atoms. The molecule has 0 heterocycles. The van der Waals surface area contributed by atoms with Gasteiger partial charge < -0.3 is 19.4 Å². The van der Waals surface area contributed by atoms with Crippen LogP contribution in [0.15, 0.2) is 115 Å². The molecule has 154 valence electrons. The molecular weight excluding hydrogens is 387 g/mol. The molecule has 0 aliphatic heterocycles. The van der Waals surface area contributed by atoms with Gasteiger partial charge in [-0.2, -0.15) is 0 Å². The van der Waals surface area contributed by atoms with Gasteiger partial charge in [0, 0.05) is 0 Å². The Labute approximate surface area is 182 Å². The molecule has 0 saturated heterocycles. The van der Waals surface area contributed by atoms with Crippen molar-refractivity contribution in [2.75, 3.05) is 6.61 Å². The molecule has 0 fully saturated rings. The lowest BCUT2D eigenvalue weighted by Gasteiger charge is -2.35. The van der Waals surface area contributed by atoms with Crippen molar-refractivity contribution in [3.8, 4) is 11.5 Å². The minimum absolute atomic E-state index is 0.350. The van der Waals surface area contributed by atoms with E-state index in [-0.39, 0.29) is 0 Å². The van der Waals surface area contributed by atoms with Gasteiger partial charge in [0.05, 0.1) is 5.41 Å². The van der Waals surface area contributed by atoms with Crippen LogP contribution in [0.25, 0.3) is 0 Å². The van der Waals surface area contributed by atoms with Crippen LogP contribution in [0.1, 0.15) is 16.7 Å². The van der Waals surface area contributed by atoms with Crippen LogP contribution in [0.5, 0.6) is 11.5 Å². The fourth-order valence-corrected chi connectivity index (χ4v) is 3.85. The summed E-state index contributed by atoms with van der Waals surface area (Å²) in [6.45, 7) is 0.383. The van der Waals surface area contributed by atoms with Crippen molar-refractivity contribution in [1.82, 2.24) is 0 Å². The summed E-state index contributed by atoms with van der Waals surface area (Å²) in [6, 6.07) is 37.9. The van der Waals surface area contributed by atoms with E-state index in [1.165, 1.54) is 0 Å². The average molecular weight is 410 g/mol. The summed E-state index contributed by atoms with van der Waals surface area (Å²) in [7, 11) is -1.85. The summed E-state index contributed by atoms with van der Waals surface area (Å²) in [4.78, 5) is 0. The first-order valence-electron chi connectivity index (χ1n) is 10.1. The van der Waals surface area contributed by atoms with E-state index in [1.807, 2.05) is 54.6 Å². The minimum Gasteiger partial charge on any atom is -0.512 e. The van der Waals surface area contributed by atoms with Crippen molar-refractivity contribution in [2.45, 2.75) is 5.41 Å². The molecule has 0 unspecified atom stereocenters. The molecule has 0 saturated carbocycles. The summed E-state index contributed by atoms with van der Waals surface area (Å²) < 4.78 is 11.2. The van der Waals surface area contributed by atoms with Crippen molar-refractivity contribution in [3.63, 3.8) is 0 Å². The van der Waals surface area contributed by atoms with E-state index < -0.39 is 12.7 Å². The van der Waals surface area contributed by atoms with E-state index >= 15 is 0 Å². The van der Waals surface area contributed by atoms with Gasteiger partial charge in [0.25, 0.3) is 0 Å². The highest BCUT2D eigenvalue weighted by Crippen LogP contribution is 2.39. The molecule has 0 aliphatic carbocycles. The van der Waals surface area contributed by atoms with Gasteiger partial charge >= 0.3 is 7.32 Å². The van der Waals surface area contributed by atoms with Gasteiger partial charge in [-0.05, 0) is 41.0 Å². The SMILES string of the molecule is OB(O)Oc1ccc(OCC(c2ccccc2)(c2ccccc2)c2ccccc2)cc1. The van der Waals surface area contributed by atoms with Crippen molar-refractivity contribution < 1.29 is 19.4 Å². The van der Waals surface area contributed by atoms with Gasteiger partial charge in [-0.3, -0.25) is 0 Å². The molecule has 4 nitrogen and oxygen atoms in total. The highest BCUT2D eigenvalue weighted by molar-refractivity contribution is 6.33. The molecule has 4 aromatic carbocycles. The molecule has 4 rings (SSSR count). The highest BCUT2D eigenvalue weighted by atomic mass is 16.6. The Hall–Kier alpha value is -3.54. The topological polar surface area (TPSA) is 58.9 Å². The summed E-state index contributed by atoms with van der Waals surface area (Å²) in [5.41, 5.74) is 2.89. The van der Waals surface area contributed by atoms with Crippen molar-refractivity contribution >= 4 is 7.32 Å². The average Bonchev–Trinajstić information content (AvgIpc) is 2.82. The fraction of sp³-hybridized carbons (Fsp3) is 0.0769. The summed E-state index contributed by atoms with van der Waals surface area (Å²) in [6.07, 6.45) is 0. The Bertz CT molecular complexity index is 972. The van der Waals surface area contributed by atoms with Crippen LogP contribution in [-0.2, 0) is 5.41 Å². The normalized spacial score (nSPS) is 11.0. The maximum atomic E-state index is 8.97. The molecule has 5 heteroatoms. The first-order valence-corrected chi connectivity index (χ1v) is 10.1. The van der Waals surface area contributed by atoms with Crippen LogP contribution in [-0.4, -0.2) is 24.0 Å². The number of rotatable bonds is 8. The van der Waals surface area contributed by atoms with Gasteiger partial charge in [0.15, 0.2) is 0 Å². The first-order chi connectivity index (χ1) is 15.2. The molecule has 2 N–H and O–H groups in total. The number of ether oxygens (including phenoxy) is 1. The zero-order valence-electron chi connectivity index (χ0n) is 17.0. The van der Waals surface area contributed by atoms with Crippen LogP contribution >= 0.6 is 0 Å². The Morgan fingerprint density at radius 1 is 0.548 bits per heavy atom. The summed E-state index contributed by atoms with van der Waals surface area (Å²) in [5.74, 6) is 1.01. The molecule has 0 atom stereocenters. The van der Waals surface area contributed by atoms with Crippen LogP contribution in [0.2, 0.25) is 0 Å². The van der Waals surface area contributed by atoms with Crippen molar-refractivity contribution in [3.05, 3.63) is 132 Å². The van der Waals surface area contributed by atoms with E-state index in [1.54, 1.807) is 24.3 Å². The first kappa shape index (κ1) is 20.7. The molecule has 0 aliphatic rings. The minimum atomic E-state index is -1.85. The lowest BCUT2D eigenvalue weighted by Crippen LogP contribution is -2.36. The smallest absolute Gasteiger partial charge is 0.512 e. The maximum absolute atomic E-state index is 8.97.